The van der Waals surface area contributed by atoms with Crippen molar-refractivity contribution in [2.45, 2.75) is 0 Å². The number of hydrogen-bond acceptors (Lipinski definition) is 5. The van der Waals surface area contributed by atoms with Gasteiger partial charge < -0.3 is 14.5 Å². The highest BCUT2D eigenvalue weighted by Gasteiger charge is 2.12. The molecule has 1 aliphatic rings. The molecule has 0 aromatic heterocycles. The number of rotatable bonds is 2. The highest BCUT2D eigenvalue weighted by Crippen LogP contribution is 2.16. The van der Waals surface area contributed by atoms with Gasteiger partial charge >= 0.3 is 6.09 Å². The van der Waals surface area contributed by atoms with E-state index in [1.807, 2.05) is 0 Å². The summed E-state index contributed by atoms with van der Waals surface area (Å²) in [6.45, 7) is 0. The topological polar surface area (TPSA) is 62.2 Å². The lowest BCUT2D eigenvalue weighted by Gasteiger charge is -2.20. The lowest BCUT2D eigenvalue weighted by Crippen LogP contribution is -2.23. The fourth-order valence-electron chi connectivity index (χ4n) is 1.03. The van der Waals surface area contributed by atoms with E-state index in [1.54, 1.807) is 44.4 Å². The van der Waals surface area contributed by atoms with Gasteiger partial charge in [0.25, 0.3) is 0 Å². The van der Waals surface area contributed by atoms with E-state index in [-0.39, 0.29) is 0 Å². The molecule has 0 fully saturated rings. The molecule has 0 unspecified atom stereocenters. The molecule has 0 saturated heterocycles. The van der Waals surface area contributed by atoms with Crippen molar-refractivity contribution in [3.05, 3.63) is 40.9 Å². The van der Waals surface area contributed by atoms with Crippen LogP contribution in [0.25, 0.3) is 0 Å². The smallest absolute Gasteiger partial charge is 0.409 e. The second-order valence-electron chi connectivity index (χ2n) is 3.40. The third-order valence-corrected chi connectivity index (χ3v) is 1.90. The van der Waals surface area contributed by atoms with Crippen molar-refractivity contribution in [1.29, 1.82) is 0 Å². The zero-order valence-electron chi connectivity index (χ0n) is 9.38. The molecule has 1 heterocycles. The molecule has 86 valence electrons. The van der Waals surface area contributed by atoms with Crippen LogP contribution in [0.4, 0.5) is 4.79 Å². The first-order valence-corrected chi connectivity index (χ1v) is 4.59. The maximum atomic E-state index is 11.3. The van der Waals surface area contributed by atoms with E-state index in [9.17, 15) is 9.70 Å². The number of allylic oxidation sites excluding steroid dienone is 2. The first-order valence-electron chi connectivity index (χ1n) is 4.59. The molecular formula is C10H13N3O3. The van der Waals surface area contributed by atoms with Crippen molar-refractivity contribution in [3.63, 3.8) is 0 Å². The number of ether oxygens (including phenoxy) is 1. The van der Waals surface area contributed by atoms with Gasteiger partial charge in [-0.2, -0.15) is 0 Å². The first-order chi connectivity index (χ1) is 7.54. The fourth-order valence-corrected chi connectivity index (χ4v) is 1.03. The normalized spacial score (nSPS) is 17.1. The van der Waals surface area contributed by atoms with E-state index in [0.29, 0.717) is 11.5 Å². The van der Waals surface area contributed by atoms with Gasteiger partial charge in [0.2, 0.25) is 0 Å². The van der Waals surface area contributed by atoms with Crippen LogP contribution in [-0.2, 0) is 4.74 Å². The van der Waals surface area contributed by atoms with Gasteiger partial charge in [-0.05, 0) is 17.3 Å². The molecule has 1 amide bonds. The van der Waals surface area contributed by atoms with Crippen LogP contribution >= 0.6 is 0 Å². The summed E-state index contributed by atoms with van der Waals surface area (Å²) < 4.78 is 5.03. The van der Waals surface area contributed by atoms with Crippen LogP contribution in [0.5, 0.6) is 0 Å². The van der Waals surface area contributed by atoms with Crippen molar-refractivity contribution in [2.24, 2.45) is 5.18 Å². The van der Waals surface area contributed by atoms with E-state index >= 15 is 0 Å². The summed E-state index contributed by atoms with van der Waals surface area (Å²) in [6.07, 6.45) is 5.55. The van der Waals surface area contributed by atoms with Crippen molar-refractivity contribution in [3.8, 4) is 0 Å². The molecule has 0 spiro atoms. The zero-order chi connectivity index (χ0) is 12.1. The van der Waals surface area contributed by atoms with Crippen molar-refractivity contribution >= 4 is 6.09 Å². The van der Waals surface area contributed by atoms with Crippen LogP contribution in [0.15, 0.2) is 41.2 Å². The monoisotopic (exact) mass is 223 g/mol. The second-order valence-corrected chi connectivity index (χ2v) is 3.40. The molecule has 0 bridgehead atoms. The molecule has 0 aromatic carbocycles. The number of carbonyl (C=O) groups excluding carboxylic acids is 1. The van der Waals surface area contributed by atoms with Gasteiger partial charge in [0.05, 0.1) is 11.9 Å². The third-order valence-electron chi connectivity index (χ3n) is 1.90. The summed E-state index contributed by atoms with van der Waals surface area (Å²) in [6, 6.07) is 0. The molecule has 1 aliphatic heterocycles. The summed E-state index contributed by atoms with van der Waals surface area (Å²) in [4.78, 5) is 24.3. The molecular weight excluding hydrogens is 210 g/mol. The quantitative estimate of drug-likeness (QED) is 0.667. The van der Waals surface area contributed by atoms with Crippen LogP contribution in [0.3, 0.4) is 0 Å². The molecule has 0 aromatic rings. The SMILES string of the molecule is CN(C)C(=O)OC1=CN(C)/C(=C/N=O)C=C1. The summed E-state index contributed by atoms with van der Waals surface area (Å²) in [5.41, 5.74) is 0.625. The number of likely N-dealkylation sites (N-methyl/N-ethyl adjacent to an activating group) is 1. The third kappa shape index (κ3) is 2.94. The average molecular weight is 223 g/mol. The number of carbonyl (C=O) groups is 1. The lowest BCUT2D eigenvalue weighted by molar-refractivity contribution is 0.148. The van der Waals surface area contributed by atoms with Gasteiger partial charge in [-0.15, -0.1) is 4.91 Å². The lowest BCUT2D eigenvalue weighted by atomic mass is 10.3. The van der Waals surface area contributed by atoms with Crippen LogP contribution in [-0.4, -0.2) is 37.0 Å². The Hall–Kier alpha value is -2.11. The summed E-state index contributed by atoms with van der Waals surface area (Å²) in [5, 5.41) is 2.67. The fraction of sp³-hybridized carbons (Fsp3) is 0.300. The van der Waals surface area contributed by atoms with E-state index in [4.69, 9.17) is 4.74 Å². The summed E-state index contributed by atoms with van der Waals surface area (Å²) in [7, 11) is 4.92. The Morgan fingerprint density at radius 3 is 2.69 bits per heavy atom. The van der Waals surface area contributed by atoms with Crippen molar-refractivity contribution in [1.82, 2.24) is 9.80 Å². The molecule has 6 heteroatoms. The second kappa shape index (κ2) is 5.11. The van der Waals surface area contributed by atoms with E-state index < -0.39 is 6.09 Å². The Morgan fingerprint density at radius 2 is 2.19 bits per heavy atom. The molecule has 0 saturated carbocycles. The number of nitroso groups, excluding NO2 is 1. The van der Waals surface area contributed by atoms with E-state index in [1.165, 1.54) is 11.1 Å². The van der Waals surface area contributed by atoms with Crippen molar-refractivity contribution in [2.75, 3.05) is 21.1 Å². The molecule has 1 rings (SSSR count). The van der Waals surface area contributed by atoms with E-state index in [0.717, 1.165) is 0 Å². The Morgan fingerprint density at radius 1 is 1.50 bits per heavy atom. The highest BCUT2D eigenvalue weighted by atomic mass is 16.6. The minimum absolute atomic E-state index is 0.407. The minimum Gasteiger partial charge on any atom is -0.409 e. The number of amides is 1. The van der Waals surface area contributed by atoms with E-state index in [2.05, 4.69) is 5.18 Å². The molecule has 0 radical (unpaired) electrons. The van der Waals surface area contributed by atoms with Crippen LogP contribution in [0, 0.1) is 4.91 Å². The van der Waals surface area contributed by atoms with Crippen LogP contribution in [0.2, 0.25) is 0 Å². The standard InChI is InChI=1S/C10H13N3O3/c1-12(2)10(14)16-9-5-4-8(6-11-15)13(3)7-9/h4-7H,1-3H3/b8-6+. The van der Waals surface area contributed by atoms with Gasteiger partial charge in [-0.25, -0.2) is 4.79 Å². The van der Waals surface area contributed by atoms with Gasteiger partial charge in [0.15, 0.2) is 0 Å². The zero-order valence-corrected chi connectivity index (χ0v) is 9.38. The molecule has 0 aliphatic carbocycles. The molecule has 0 atom stereocenters. The van der Waals surface area contributed by atoms with Gasteiger partial charge in [0.1, 0.15) is 5.76 Å². The predicted molar refractivity (Wildman–Crippen MR) is 59.0 cm³/mol. The first kappa shape index (κ1) is 12.0. The van der Waals surface area contributed by atoms with Gasteiger partial charge in [-0.3, -0.25) is 0 Å². The molecule has 0 N–H and O–H groups in total. The van der Waals surface area contributed by atoms with Crippen molar-refractivity contribution < 1.29 is 9.53 Å². The van der Waals surface area contributed by atoms with Crippen LogP contribution < -0.4 is 0 Å². The maximum Gasteiger partial charge on any atom is 0.414 e. The largest absolute Gasteiger partial charge is 0.414 e. The summed E-state index contributed by atoms with van der Waals surface area (Å²) in [5.74, 6) is 0.407. The number of hydrogen-bond donors (Lipinski definition) is 0. The Balaban J connectivity index is 2.71. The Labute approximate surface area is 93.4 Å². The summed E-state index contributed by atoms with van der Waals surface area (Å²) >= 11 is 0. The van der Waals surface area contributed by atoms with Gasteiger partial charge in [-0.1, -0.05) is 0 Å². The Bertz CT molecular complexity index is 383. The average Bonchev–Trinajstić information content (AvgIpc) is 2.22. The number of nitrogens with zero attached hydrogens (tertiary/aromatic N) is 3. The maximum absolute atomic E-state index is 11.3. The van der Waals surface area contributed by atoms with Crippen LogP contribution in [0.1, 0.15) is 0 Å². The predicted octanol–water partition coefficient (Wildman–Crippen LogP) is 1.64. The van der Waals surface area contributed by atoms with Gasteiger partial charge in [0, 0.05) is 27.3 Å². The molecule has 6 nitrogen and oxygen atoms in total. The Kier molecular flexibility index (Phi) is 3.82. The minimum atomic E-state index is -0.453. The molecule has 16 heavy (non-hydrogen) atoms. The highest BCUT2D eigenvalue weighted by molar-refractivity contribution is 5.68.